The Bertz CT molecular complexity index is 640. The molecular formula is C13H12BrN3O3. The highest BCUT2D eigenvalue weighted by Gasteiger charge is 2.17. The number of carbonyl (C=O) groups is 2. The van der Waals surface area contributed by atoms with Crippen LogP contribution >= 0.6 is 15.9 Å². The smallest absolute Gasteiger partial charge is 0.335 e. The van der Waals surface area contributed by atoms with Gasteiger partial charge in [-0.25, -0.2) is 4.79 Å². The number of benzene rings is 1. The zero-order chi connectivity index (χ0) is 14.7. The van der Waals surface area contributed by atoms with E-state index in [1.807, 2.05) is 0 Å². The van der Waals surface area contributed by atoms with Crippen LogP contribution in [0.25, 0.3) is 0 Å². The fourth-order valence-electron chi connectivity index (χ4n) is 1.62. The van der Waals surface area contributed by atoms with Gasteiger partial charge in [-0.15, -0.1) is 0 Å². The average molecular weight is 338 g/mol. The van der Waals surface area contributed by atoms with Crippen LogP contribution in [0.5, 0.6) is 0 Å². The van der Waals surface area contributed by atoms with E-state index in [2.05, 4.69) is 26.3 Å². The number of nitrogens with zero attached hydrogens (tertiary/aromatic N) is 2. The summed E-state index contributed by atoms with van der Waals surface area (Å²) in [5.41, 5.74) is 0.518. The SMILES string of the molecule is CC(C(=O)Nc1cc(C(=O)O)ccc1Br)n1cccn1. The molecule has 7 heteroatoms. The highest BCUT2D eigenvalue weighted by molar-refractivity contribution is 9.10. The number of amides is 1. The molecule has 2 aromatic rings. The molecule has 0 radical (unpaired) electrons. The second kappa shape index (κ2) is 5.87. The molecule has 1 aromatic carbocycles. The molecular weight excluding hydrogens is 326 g/mol. The molecule has 0 bridgehead atoms. The molecule has 0 saturated carbocycles. The number of aromatic carboxylic acids is 1. The number of hydrogen-bond acceptors (Lipinski definition) is 3. The number of rotatable bonds is 4. The number of carboxylic acids is 1. The molecule has 20 heavy (non-hydrogen) atoms. The number of hydrogen-bond donors (Lipinski definition) is 2. The summed E-state index contributed by atoms with van der Waals surface area (Å²) in [5.74, 6) is -1.33. The Kier molecular flexibility index (Phi) is 4.19. The lowest BCUT2D eigenvalue weighted by atomic mass is 10.2. The van der Waals surface area contributed by atoms with Crippen molar-refractivity contribution in [3.63, 3.8) is 0 Å². The quantitative estimate of drug-likeness (QED) is 0.897. The highest BCUT2D eigenvalue weighted by atomic mass is 79.9. The molecule has 2 rings (SSSR count). The van der Waals surface area contributed by atoms with E-state index in [0.717, 1.165) is 0 Å². The van der Waals surface area contributed by atoms with Crippen LogP contribution in [0, 0.1) is 0 Å². The number of aromatic nitrogens is 2. The van der Waals surface area contributed by atoms with Gasteiger partial charge in [-0.05, 0) is 47.1 Å². The first-order valence-electron chi connectivity index (χ1n) is 5.82. The first-order valence-corrected chi connectivity index (χ1v) is 6.61. The molecule has 0 aliphatic carbocycles. The fourth-order valence-corrected chi connectivity index (χ4v) is 1.97. The van der Waals surface area contributed by atoms with Crippen LogP contribution in [0.4, 0.5) is 5.69 Å². The zero-order valence-corrected chi connectivity index (χ0v) is 12.2. The number of carbonyl (C=O) groups excluding carboxylic acids is 1. The number of carboxylic acid groups (broad SMARTS) is 1. The van der Waals surface area contributed by atoms with Crippen molar-refractivity contribution in [3.8, 4) is 0 Å². The summed E-state index contributed by atoms with van der Waals surface area (Å²) in [6, 6.07) is 5.67. The van der Waals surface area contributed by atoms with Gasteiger partial charge in [0.15, 0.2) is 0 Å². The number of nitrogens with one attached hydrogen (secondary N) is 1. The van der Waals surface area contributed by atoms with Crippen LogP contribution in [-0.4, -0.2) is 26.8 Å². The summed E-state index contributed by atoms with van der Waals surface area (Å²) in [4.78, 5) is 23.0. The largest absolute Gasteiger partial charge is 0.478 e. The van der Waals surface area contributed by atoms with Crippen LogP contribution in [0.1, 0.15) is 23.3 Å². The molecule has 1 aromatic heterocycles. The Morgan fingerprint density at radius 1 is 1.45 bits per heavy atom. The van der Waals surface area contributed by atoms with Crippen LogP contribution in [0.3, 0.4) is 0 Å². The number of anilines is 1. The molecule has 1 heterocycles. The van der Waals surface area contributed by atoms with E-state index in [1.165, 1.54) is 16.8 Å². The van der Waals surface area contributed by atoms with Gasteiger partial charge in [0.05, 0.1) is 11.3 Å². The van der Waals surface area contributed by atoms with E-state index in [4.69, 9.17) is 5.11 Å². The standard InChI is InChI=1S/C13H12BrN3O3/c1-8(17-6-2-5-15-17)12(18)16-11-7-9(13(19)20)3-4-10(11)14/h2-8H,1H3,(H,16,18)(H,19,20). The van der Waals surface area contributed by atoms with Gasteiger partial charge >= 0.3 is 5.97 Å². The molecule has 6 nitrogen and oxygen atoms in total. The minimum Gasteiger partial charge on any atom is -0.478 e. The van der Waals surface area contributed by atoms with Crippen LogP contribution in [0.2, 0.25) is 0 Å². The molecule has 0 aliphatic rings. The zero-order valence-electron chi connectivity index (χ0n) is 10.6. The lowest BCUT2D eigenvalue weighted by molar-refractivity contribution is -0.119. The molecule has 0 fully saturated rings. The van der Waals surface area contributed by atoms with E-state index in [1.54, 1.807) is 31.5 Å². The van der Waals surface area contributed by atoms with Gasteiger partial charge in [-0.3, -0.25) is 9.48 Å². The molecule has 104 valence electrons. The van der Waals surface area contributed by atoms with Crippen molar-refractivity contribution in [2.45, 2.75) is 13.0 Å². The monoisotopic (exact) mass is 337 g/mol. The topological polar surface area (TPSA) is 84.2 Å². The van der Waals surface area contributed by atoms with Gasteiger partial charge in [0, 0.05) is 16.9 Å². The first kappa shape index (κ1) is 14.3. The molecule has 0 spiro atoms. The third kappa shape index (κ3) is 3.05. The van der Waals surface area contributed by atoms with Gasteiger partial charge in [-0.2, -0.15) is 5.10 Å². The average Bonchev–Trinajstić information content (AvgIpc) is 2.94. The van der Waals surface area contributed by atoms with Crippen molar-refractivity contribution in [2.75, 3.05) is 5.32 Å². The summed E-state index contributed by atoms with van der Waals surface area (Å²) < 4.78 is 2.13. The maximum atomic E-state index is 12.1. The van der Waals surface area contributed by atoms with Gasteiger partial charge in [0.25, 0.3) is 0 Å². The second-order valence-electron chi connectivity index (χ2n) is 4.15. The van der Waals surface area contributed by atoms with Crippen molar-refractivity contribution in [1.82, 2.24) is 9.78 Å². The molecule has 2 N–H and O–H groups in total. The van der Waals surface area contributed by atoms with Crippen molar-refractivity contribution in [1.29, 1.82) is 0 Å². The van der Waals surface area contributed by atoms with Crippen molar-refractivity contribution >= 4 is 33.5 Å². The van der Waals surface area contributed by atoms with Crippen molar-refractivity contribution < 1.29 is 14.7 Å². The molecule has 1 amide bonds. The van der Waals surface area contributed by atoms with Gasteiger partial charge < -0.3 is 10.4 Å². The Morgan fingerprint density at radius 3 is 2.80 bits per heavy atom. The van der Waals surface area contributed by atoms with E-state index in [-0.39, 0.29) is 11.5 Å². The summed E-state index contributed by atoms with van der Waals surface area (Å²) >= 11 is 3.28. The third-order valence-electron chi connectivity index (χ3n) is 2.77. The lowest BCUT2D eigenvalue weighted by Crippen LogP contribution is -2.24. The Balaban J connectivity index is 2.19. The summed E-state index contributed by atoms with van der Waals surface area (Å²) in [6.07, 6.45) is 3.28. The Morgan fingerprint density at radius 2 is 2.20 bits per heavy atom. The predicted molar refractivity (Wildman–Crippen MR) is 76.7 cm³/mol. The van der Waals surface area contributed by atoms with Crippen molar-refractivity contribution in [2.24, 2.45) is 0 Å². The fraction of sp³-hybridized carbons (Fsp3) is 0.154. The van der Waals surface area contributed by atoms with Gasteiger partial charge in [0.1, 0.15) is 6.04 Å². The highest BCUT2D eigenvalue weighted by Crippen LogP contribution is 2.24. The van der Waals surface area contributed by atoms with Crippen LogP contribution in [0.15, 0.2) is 41.1 Å². The summed E-state index contributed by atoms with van der Waals surface area (Å²) in [6.45, 7) is 1.71. The third-order valence-corrected chi connectivity index (χ3v) is 3.46. The first-order chi connectivity index (χ1) is 9.49. The summed E-state index contributed by atoms with van der Waals surface area (Å²) in [7, 11) is 0. The van der Waals surface area contributed by atoms with Gasteiger partial charge in [-0.1, -0.05) is 0 Å². The number of halogens is 1. The minimum absolute atomic E-state index is 0.107. The van der Waals surface area contributed by atoms with Crippen LogP contribution < -0.4 is 5.32 Å². The van der Waals surface area contributed by atoms with E-state index < -0.39 is 12.0 Å². The van der Waals surface area contributed by atoms with Gasteiger partial charge in [0.2, 0.25) is 5.91 Å². The molecule has 1 unspecified atom stereocenters. The molecule has 0 saturated heterocycles. The Labute approximate surface area is 123 Å². The van der Waals surface area contributed by atoms with E-state index >= 15 is 0 Å². The van der Waals surface area contributed by atoms with Crippen LogP contribution in [-0.2, 0) is 4.79 Å². The second-order valence-corrected chi connectivity index (χ2v) is 5.01. The van der Waals surface area contributed by atoms with Crippen molar-refractivity contribution in [3.05, 3.63) is 46.7 Å². The van der Waals surface area contributed by atoms with E-state index in [0.29, 0.717) is 10.2 Å². The Hall–Kier alpha value is -2.15. The normalized spacial score (nSPS) is 11.9. The lowest BCUT2D eigenvalue weighted by Gasteiger charge is -2.14. The maximum Gasteiger partial charge on any atom is 0.335 e. The predicted octanol–water partition coefficient (Wildman–Crippen LogP) is 2.54. The molecule has 0 aliphatic heterocycles. The molecule has 1 atom stereocenters. The van der Waals surface area contributed by atoms with E-state index in [9.17, 15) is 9.59 Å². The maximum absolute atomic E-state index is 12.1. The minimum atomic E-state index is -1.05. The summed E-state index contributed by atoms with van der Waals surface area (Å²) in [5, 5.41) is 15.6.